The lowest BCUT2D eigenvalue weighted by molar-refractivity contribution is 0.660. The Morgan fingerprint density at radius 1 is 0.370 bits per heavy atom. The molecule has 256 valence electrons. The average molecular weight is 710 g/mol. The van der Waals surface area contributed by atoms with Gasteiger partial charge in [0.2, 0.25) is 0 Å². The molecule has 2 heteroatoms. The first kappa shape index (κ1) is 31.4. The molecule has 8 aromatic rings. The molecule has 0 heterocycles. The second-order valence-electron chi connectivity index (χ2n) is 15.4. The first-order chi connectivity index (χ1) is 26.5. The van der Waals surface area contributed by atoms with Crippen molar-refractivity contribution in [2.45, 2.75) is 24.7 Å². The van der Waals surface area contributed by atoms with Crippen LogP contribution in [-0.2, 0) is 10.8 Å². The van der Waals surface area contributed by atoms with E-state index in [0.717, 1.165) is 22.1 Å². The van der Waals surface area contributed by atoms with Crippen molar-refractivity contribution in [2.75, 3.05) is 4.90 Å². The van der Waals surface area contributed by atoms with E-state index in [9.17, 15) is 0 Å². The third kappa shape index (κ3) is 4.16. The third-order valence-corrected chi connectivity index (χ3v) is 12.6. The highest BCUT2D eigenvalue weighted by Gasteiger charge is 2.52. The van der Waals surface area contributed by atoms with Gasteiger partial charge in [0.05, 0.1) is 11.1 Å². The summed E-state index contributed by atoms with van der Waals surface area (Å²) in [7, 11) is 0. The summed E-state index contributed by atoms with van der Waals surface area (Å²) in [5.41, 5.74) is 20.7. The molecular weight excluding hydrogens is 674 g/mol. The van der Waals surface area contributed by atoms with Crippen molar-refractivity contribution in [3.63, 3.8) is 0 Å². The SMILES string of the molecule is CC1(C)c2ccccc2-c2ccc(N(c3ccc4c(c3)C3(c5ccccc5-c5ccc(Cl)cc53)c3ccccc3-4)c3ccccc3-c3ccccc3)cc21. The number of anilines is 3. The maximum atomic E-state index is 6.89. The van der Waals surface area contributed by atoms with E-state index in [-0.39, 0.29) is 5.41 Å². The van der Waals surface area contributed by atoms with Crippen LogP contribution in [0.25, 0.3) is 44.5 Å². The first-order valence-electron chi connectivity index (χ1n) is 18.8. The van der Waals surface area contributed by atoms with Gasteiger partial charge in [-0.05, 0) is 115 Å². The molecule has 1 atom stereocenters. The third-order valence-electron chi connectivity index (χ3n) is 12.3. The fraction of sp³-hybridized carbons (Fsp3) is 0.0769. The fourth-order valence-corrected chi connectivity index (χ4v) is 10.2. The minimum absolute atomic E-state index is 0.132. The Morgan fingerprint density at radius 3 is 1.46 bits per heavy atom. The molecule has 54 heavy (non-hydrogen) atoms. The van der Waals surface area contributed by atoms with E-state index in [1.165, 1.54) is 77.9 Å². The van der Waals surface area contributed by atoms with Crippen LogP contribution in [0.1, 0.15) is 47.2 Å². The molecule has 1 unspecified atom stereocenters. The Morgan fingerprint density at radius 2 is 0.815 bits per heavy atom. The van der Waals surface area contributed by atoms with Crippen LogP contribution in [0, 0.1) is 0 Å². The number of halogens is 1. The number of rotatable bonds is 4. The van der Waals surface area contributed by atoms with E-state index in [0.29, 0.717) is 0 Å². The molecule has 0 radical (unpaired) electrons. The van der Waals surface area contributed by atoms with Crippen molar-refractivity contribution in [3.05, 3.63) is 220 Å². The molecule has 0 saturated heterocycles. The average Bonchev–Trinajstić information content (AvgIpc) is 3.76. The molecule has 11 rings (SSSR count). The van der Waals surface area contributed by atoms with Gasteiger partial charge in [-0.3, -0.25) is 0 Å². The van der Waals surface area contributed by atoms with Crippen molar-refractivity contribution in [1.29, 1.82) is 0 Å². The Kier molecular flexibility index (Phi) is 6.64. The molecule has 3 aliphatic carbocycles. The zero-order valence-electron chi connectivity index (χ0n) is 30.1. The number of benzene rings is 8. The highest BCUT2D eigenvalue weighted by Crippen LogP contribution is 2.64. The fourth-order valence-electron chi connectivity index (χ4n) is 10.0. The molecule has 0 fully saturated rings. The summed E-state index contributed by atoms with van der Waals surface area (Å²) in [6, 6.07) is 67.1. The van der Waals surface area contributed by atoms with Gasteiger partial charge in [-0.25, -0.2) is 0 Å². The van der Waals surface area contributed by atoms with Crippen molar-refractivity contribution in [2.24, 2.45) is 0 Å². The van der Waals surface area contributed by atoms with Gasteiger partial charge < -0.3 is 4.90 Å². The minimum atomic E-state index is -0.509. The summed E-state index contributed by atoms with van der Waals surface area (Å²) in [6.07, 6.45) is 0. The molecule has 0 saturated carbocycles. The van der Waals surface area contributed by atoms with Crippen LogP contribution < -0.4 is 4.90 Å². The molecule has 1 spiro atoms. The normalized spacial score (nSPS) is 16.3. The second kappa shape index (κ2) is 11.4. The van der Waals surface area contributed by atoms with E-state index >= 15 is 0 Å². The molecule has 0 aromatic heterocycles. The summed E-state index contributed by atoms with van der Waals surface area (Å²) in [4.78, 5) is 2.48. The Hall–Kier alpha value is -6.15. The molecule has 1 nitrogen and oxygen atoms in total. The van der Waals surface area contributed by atoms with Crippen LogP contribution in [0.5, 0.6) is 0 Å². The second-order valence-corrected chi connectivity index (χ2v) is 15.8. The highest BCUT2D eigenvalue weighted by molar-refractivity contribution is 6.30. The zero-order valence-corrected chi connectivity index (χ0v) is 30.9. The molecule has 0 amide bonds. The number of fused-ring (bicyclic) bond motifs is 13. The van der Waals surface area contributed by atoms with Crippen molar-refractivity contribution >= 4 is 28.7 Å². The quantitative estimate of drug-likeness (QED) is 0.176. The maximum Gasteiger partial charge on any atom is 0.0726 e. The molecule has 8 aromatic carbocycles. The van der Waals surface area contributed by atoms with E-state index in [2.05, 4.69) is 195 Å². The lowest BCUT2D eigenvalue weighted by atomic mass is 9.70. The number of hydrogen-bond donors (Lipinski definition) is 0. The summed E-state index contributed by atoms with van der Waals surface area (Å²) >= 11 is 6.89. The maximum absolute atomic E-state index is 6.89. The van der Waals surface area contributed by atoms with E-state index in [4.69, 9.17) is 11.6 Å². The summed E-state index contributed by atoms with van der Waals surface area (Å²) in [5.74, 6) is 0. The molecule has 0 aliphatic heterocycles. The van der Waals surface area contributed by atoms with Crippen LogP contribution in [-0.4, -0.2) is 0 Å². The van der Waals surface area contributed by atoms with Crippen molar-refractivity contribution in [3.8, 4) is 44.5 Å². The number of para-hydroxylation sites is 1. The summed E-state index contributed by atoms with van der Waals surface area (Å²) in [6.45, 7) is 4.72. The number of nitrogens with zero attached hydrogens (tertiary/aromatic N) is 1. The largest absolute Gasteiger partial charge is 0.310 e. The van der Waals surface area contributed by atoms with Gasteiger partial charge in [-0.1, -0.05) is 165 Å². The highest BCUT2D eigenvalue weighted by atomic mass is 35.5. The van der Waals surface area contributed by atoms with Gasteiger partial charge in [0.1, 0.15) is 0 Å². The predicted molar refractivity (Wildman–Crippen MR) is 225 cm³/mol. The van der Waals surface area contributed by atoms with Gasteiger partial charge >= 0.3 is 0 Å². The lowest BCUT2D eigenvalue weighted by Crippen LogP contribution is -2.26. The molecule has 3 aliphatic rings. The van der Waals surface area contributed by atoms with Crippen LogP contribution in [0.3, 0.4) is 0 Å². The van der Waals surface area contributed by atoms with E-state index in [1.54, 1.807) is 0 Å². The minimum Gasteiger partial charge on any atom is -0.310 e. The standard InChI is InChI=1S/C52H36ClN/c1-51(2)44-20-10-6-17-38(44)41-28-25-35(31-47(41)51)54(50-23-13-9-16-37(50)33-14-4-3-5-15-33)36-26-29-43-40-19-8-12-22-46(40)52(49(43)32-36)45-21-11-7-18-39(45)42-27-24-34(53)30-48(42)52/h3-32H,1-2H3. The predicted octanol–water partition coefficient (Wildman–Crippen LogP) is 14.1. The Bertz CT molecular complexity index is 2820. The van der Waals surface area contributed by atoms with Gasteiger partial charge in [0, 0.05) is 27.4 Å². The Balaban J connectivity index is 1.20. The molecule has 0 N–H and O–H groups in total. The van der Waals surface area contributed by atoms with Gasteiger partial charge in [0.25, 0.3) is 0 Å². The summed E-state index contributed by atoms with van der Waals surface area (Å²) in [5, 5.41) is 0.753. The smallest absolute Gasteiger partial charge is 0.0726 e. The Labute approximate surface area is 321 Å². The topological polar surface area (TPSA) is 3.24 Å². The van der Waals surface area contributed by atoms with Crippen LogP contribution >= 0.6 is 11.6 Å². The monoisotopic (exact) mass is 709 g/mol. The van der Waals surface area contributed by atoms with Gasteiger partial charge in [0.15, 0.2) is 0 Å². The first-order valence-corrected chi connectivity index (χ1v) is 19.2. The molecular formula is C52H36ClN. The van der Waals surface area contributed by atoms with Crippen LogP contribution in [0.4, 0.5) is 17.1 Å². The lowest BCUT2D eigenvalue weighted by Gasteiger charge is -2.33. The van der Waals surface area contributed by atoms with Gasteiger partial charge in [-0.15, -0.1) is 0 Å². The summed E-state index contributed by atoms with van der Waals surface area (Å²) < 4.78 is 0. The molecule has 0 bridgehead atoms. The van der Waals surface area contributed by atoms with Crippen LogP contribution in [0.15, 0.2) is 182 Å². The van der Waals surface area contributed by atoms with Crippen molar-refractivity contribution < 1.29 is 0 Å². The van der Waals surface area contributed by atoms with Gasteiger partial charge in [-0.2, -0.15) is 0 Å². The number of hydrogen-bond acceptors (Lipinski definition) is 1. The van der Waals surface area contributed by atoms with E-state index in [1.807, 2.05) is 6.07 Å². The van der Waals surface area contributed by atoms with Crippen LogP contribution in [0.2, 0.25) is 5.02 Å². The zero-order chi connectivity index (χ0) is 36.2. The van der Waals surface area contributed by atoms with E-state index < -0.39 is 5.41 Å². The van der Waals surface area contributed by atoms with Crippen molar-refractivity contribution in [1.82, 2.24) is 0 Å².